The molecular weight excluding hydrogens is 114 g/mol. The first kappa shape index (κ1) is 7.82. The Kier molecular flexibility index (Phi) is 2.34. The number of aliphatic hydroxyl groups excluding tert-OH is 1. The van der Waals surface area contributed by atoms with Crippen molar-refractivity contribution in [2.45, 2.75) is 32.3 Å². The van der Waals surface area contributed by atoms with Crippen molar-refractivity contribution in [3.05, 3.63) is 0 Å². The van der Waals surface area contributed by atoms with Crippen molar-refractivity contribution in [1.29, 1.82) is 0 Å². The van der Waals surface area contributed by atoms with Crippen LogP contribution in [0.2, 0.25) is 0 Å². The van der Waals surface area contributed by atoms with Crippen LogP contribution in [0.5, 0.6) is 0 Å². The van der Waals surface area contributed by atoms with Gasteiger partial charge in [0.2, 0.25) is 0 Å². The maximum Gasteiger partial charge on any atom is 0.270 e. The van der Waals surface area contributed by atoms with E-state index in [1.807, 2.05) is 0 Å². The van der Waals surface area contributed by atoms with Gasteiger partial charge in [0.1, 0.15) is 6.10 Å². The molecule has 0 aromatic heterocycles. The summed E-state index contributed by atoms with van der Waals surface area (Å²) in [5.74, 6) is -2.94. The predicted molar refractivity (Wildman–Crippen MR) is 26.9 cm³/mol. The van der Waals surface area contributed by atoms with Crippen LogP contribution < -0.4 is 0 Å². The molecule has 50 valence electrons. The lowest BCUT2D eigenvalue weighted by Crippen LogP contribution is -2.28. The van der Waals surface area contributed by atoms with Crippen LogP contribution in [0.4, 0.5) is 8.78 Å². The summed E-state index contributed by atoms with van der Waals surface area (Å²) in [7, 11) is 0. The van der Waals surface area contributed by atoms with Gasteiger partial charge in [-0.1, -0.05) is 6.92 Å². The molecule has 0 fully saturated rings. The largest absolute Gasteiger partial charge is 0.387 e. The van der Waals surface area contributed by atoms with E-state index in [1.54, 1.807) is 0 Å². The predicted octanol–water partition coefficient (Wildman–Crippen LogP) is 1.41. The fraction of sp³-hybridized carbons (Fsp3) is 1.00. The zero-order chi connectivity index (χ0) is 6.78. The van der Waals surface area contributed by atoms with Gasteiger partial charge in [0, 0.05) is 6.92 Å². The highest BCUT2D eigenvalue weighted by Crippen LogP contribution is 2.18. The van der Waals surface area contributed by atoms with Gasteiger partial charge in [-0.15, -0.1) is 0 Å². The lowest BCUT2D eigenvalue weighted by Gasteiger charge is -2.14. The Morgan fingerprint density at radius 1 is 1.62 bits per heavy atom. The first-order chi connectivity index (χ1) is 3.48. The summed E-state index contributed by atoms with van der Waals surface area (Å²) in [4.78, 5) is 0. The van der Waals surface area contributed by atoms with E-state index >= 15 is 0 Å². The smallest absolute Gasteiger partial charge is 0.270 e. The molecule has 0 radical (unpaired) electrons. The van der Waals surface area contributed by atoms with Crippen LogP contribution >= 0.6 is 0 Å². The van der Waals surface area contributed by atoms with E-state index in [9.17, 15) is 8.78 Å². The second kappa shape index (κ2) is 2.40. The van der Waals surface area contributed by atoms with Gasteiger partial charge in [-0.25, -0.2) is 8.78 Å². The van der Waals surface area contributed by atoms with Crippen LogP contribution in [0.25, 0.3) is 0 Å². The van der Waals surface area contributed by atoms with Gasteiger partial charge >= 0.3 is 0 Å². The van der Waals surface area contributed by atoms with E-state index in [1.165, 1.54) is 6.92 Å². The zero-order valence-electron chi connectivity index (χ0n) is 4.99. The van der Waals surface area contributed by atoms with Gasteiger partial charge in [-0.2, -0.15) is 0 Å². The third-order valence-electron chi connectivity index (χ3n) is 0.972. The number of halogens is 2. The molecule has 0 aromatic carbocycles. The Balaban J connectivity index is 3.62. The number of rotatable bonds is 2. The summed E-state index contributed by atoms with van der Waals surface area (Å²) < 4.78 is 23.7. The Morgan fingerprint density at radius 3 is 2.00 bits per heavy atom. The molecule has 8 heavy (non-hydrogen) atoms. The molecule has 0 aromatic rings. The van der Waals surface area contributed by atoms with Crippen molar-refractivity contribution in [2.24, 2.45) is 0 Å². The van der Waals surface area contributed by atoms with Crippen LogP contribution in [0, 0.1) is 0 Å². The van der Waals surface area contributed by atoms with Crippen molar-refractivity contribution in [3.63, 3.8) is 0 Å². The Hall–Kier alpha value is -0.180. The molecule has 1 N–H and O–H groups in total. The number of hydrogen-bond donors (Lipinski definition) is 1. The maximum absolute atomic E-state index is 11.9. The van der Waals surface area contributed by atoms with E-state index in [2.05, 4.69) is 0 Å². The minimum atomic E-state index is -2.94. The Morgan fingerprint density at radius 2 is 2.00 bits per heavy atom. The van der Waals surface area contributed by atoms with Crippen molar-refractivity contribution in [2.75, 3.05) is 0 Å². The fourth-order valence-corrected chi connectivity index (χ4v) is 0.358. The van der Waals surface area contributed by atoms with Gasteiger partial charge in [0.25, 0.3) is 5.92 Å². The molecule has 1 unspecified atom stereocenters. The monoisotopic (exact) mass is 124 g/mol. The average Bonchev–Trinajstić information content (AvgIpc) is 1.62. The van der Waals surface area contributed by atoms with E-state index in [-0.39, 0.29) is 6.42 Å². The molecule has 1 atom stereocenters. The molecule has 0 aliphatic rings. The second-order valence-corrected chi connectivity index (χ2v) is 1.88. The highest BCUT2D eigenvalue weighted by molar-refractivity contribution is 4.67. The lowest BCUT2D eigenvalue weighted by molar-refractivity contribution is -0.0937. The van der Waals surface area contributed by atoms with Gasteiger partial charge < -0.3 is 5.11 Å². The molecule has 0 bridgehead atoms. The van der Waals surface area contributed by atoms with Crippen LogP contribution in [0.3, 0.4) is 0 Å². The maximum atomic E-state index is 11.9. The first-order valence-electron chi connectivity index (χ1n) is 2.54. The minimum absolute atomic E-state index is 0.101. The van der Waals surface area contributed by atoms with Crippen LogP contribution in [-0.2, 0) is 0 Å². The summed E-state index contributed by atoms with van der Waals surface area (Å²) in [6.45, 7) is 2.23. The average molecular weight is 124 g/mol. The van der Waals surface area contributed by atoms with Crippen molar-refractivity contribution < 1.29 is 13.9 Å². The van der Waals surface area contributed by atoms with Gasteiger partial charge in [-0.3, -0.25) is 0 Å². The van der Waals surface area contributed by atoms with E-state index in [4.69, 9.17) is 5.11 Å². The fourth-order valence-electron chi connectivity index (χ4n) is 0.358. The van der Waals surface area contributed by atoms with E-state index < -0.39 is 12.0 Å². The number of aliphatic hydroxyl groups is 1. The third kappa shape index (κ3) is 2.21. The Labute approximate surface area is 47.3 Å². The summed E-state index contributed by atoms with van der Waals surface area (Å²) in [6, 6.07) is 0. The highest BCUT2D eigenvalue weighted by Gasteiger charge is 2.30. The molecular formula is C5H10F2O. The normalized spacial score (nSPS) is 16.1. The van der Waals surface area contributed by atoms with Gasteiger partial charge in [0.05, 0.1) is 0 Å². The van der Waals surface area contributed by atoms with Crippen molar-refractivity contribution in [3.8, 4) is 0 Å². The number of hydrogen-bond acceptors (Lipinski definition) is 1. The quantitative estimate of drug-likeness (QED) is 0.590. The van der Waals surface area contributed by atoms with E-state index in [0.717, 1.165) is 0 Å². The van der Waals surface area contributed by atoms with Crippen LogP contribution in [0.1, 0.15) is 20.3 Å². The third-order valence-corrected chi connectivity index (χ3v) is 0.972. The molecule has 0 amide bonds. The minimum Gasteiger partial charge on any atom is -0.387 e. The summed E-state index contributed by atoms with van der Waals surface area (Å²) in [5, 5.41) is 8.44. The standard InChI is InChI=1S/C5H10F2O/c1-3-4(8)5(2,6)7/h4,8H,3H2,1-2H3. The van der Waals surface area contributed by atoms with E-state index in [0.29, 0.717) is 6.92 Å². The molecule has 1 nitrogen and oxygen atoms in total. The Bertz CT molecular complexity index is 67.3. The zero-order valence-corrected chi connectivity index (χ0v) is 4.99. The summed E-state index contributed by atoms with van der Waals surface area (Å²) in [6.07, 6.45) is -1.38. The SMILES string of the molecule is CCC(O)C(C)(F)F. The second-order valence-electron chi connectivity index (χ2n) is 1.88. The van der Waals surface area contributed by atoms with Gasteiger partial charge in [0.15, 0.2) is 0 Å². The molecule has 0 saturated carbocycles. The highest BCUT2D eigenvalue weighted by atomic mass is 19.3. The van der Waals surface area contributed by atoms with Crippen LogP contribution in [0.15, 0.2) is 0 Å². The summed E-state index contributed by atoms with van der Waals surface area (Å²) >= 11 is 0. The van der Waals surface area contributed by atoms with Crippen LogP contribution in [-0.4, -0.2) is 17.1 Å². The van der Waals surface area contributed by atoms with Gasteiger partial charge in [-0.05, 0) is 6.42 Å². The molecule has 3 heteroatoms. The number of alkyl halides is 2. The molecule has 0 spiro atoms. The first-order valence-corrected chi connectivity index (χ1v) is 2.54. The molecule has 0 aliphatic heterocycles. The summed E-state index contributed by atoms with van der Waals surface area (Å²) in [5.41, 5.74) is 0. The molecule has 0 aliphatic carbocycles. The van der Waals surface area contributed by atoms with Crippen molar-refractivity contribution in [1.82, 2.24) is 0 Å². The molecule has 0 heterocycles. The topological polar surface area (TPSA) is 20.2 Å². The van der Waals surface area contributed by atoms with Crippen molar-refractivity contribution >= 4 is 0 Å². The lowest BCUT2D eigenvalue weighted by atomic mass is 10.2. The molecule has 0 rings (SSSR count). The molecule has 0 saturated heterocycles.